The topological polar surface area (TPSA) is 166 Å². The predicted molar refractivity (Wildman–Crippen MR) is 98.1 cm³/mol. The van der Waals surface area contributed by atoms with Gasteiger partial charge in [0.2, 0.25) is 0 Å². The SMILES string of the molecule is C=Cc1ncc(OC[C@@H]2CCN2)cc1C.O=C(O)CC(O)(CC(=O)O)C(=O)O. The number of aliphatic hydroxyl groups is 1. The molecule has 0 spiro atoms. The molecule has 154 valence electrons. The fraction of sp³-hybridized carbons (Fsp3) is 0.444. The quantitative estimate of drug-likeness (QED) is 0.397. The zero-order chi connectivity index (χ0) is 21.3. The van der Waals surface area contributed by atoms with Gasteiger partial charge in [-0.05, 0) is 37.6 Å². The molecule has 10 heteroatoms. The molecule has 1 aromatic rings. The van der Waals surface area contributed by atoms with E-state index in [0.29, 0.717) is 6.04 Å². The maximum Gasteiger partial charge on any atom is 0.336 e. The molecule has 1 atom stereocenters. The van der Waals surface area contributed by atoms with Gasteiger partial charge in [0.15, 0.2) is 5.60 Å². The molecule has 1 fully saturated rings. The summed E-state index contributed by atoms with van der Waals surface area (Å²) in [6, 6.07) is 2.52. The van der Waals surface area contributed by atoms with E-state index in [9.17, 15) is 14.4 Å². The molecule has 1 aliphatic rings. The second kappa shape index (κ2) is 10.4. The van der Waals surface area contributed by atoms with Crippen molar-refractivity contribution in [1.82, 2.24) is 10.3 Å². The van der Waals surface area contributed by atoms with Crippen LogP contribution in [-0.2, 0) is 14.4 Å². The van der Waals surface area contributed by atoms with Gasteiger partial charge in [-0.3, -0.25) is 14.6 Å². The summed E-state index contributed by atoms with van der Waals surface area (Å²) >= 11 is 0. The van der Waals surface area contributed by atoms with E-state index in [2.05, 4.69) is 16.9 Å². The Morgan fingerprint density at radius 3 is 2.25 bits per heavy atom. The summed E-state index contributed by atoms with van der Waals surface area (Å²) in [4.78, 5) is 34.7. The van der Waals surface area contributed by atoms with E-state index in [1.807, 2.05) is 13.0 Å². The van der Waals surface area contributed by atoms with Gasteiger partial charge in [-0.25, -0.2) is 4.79 Å². The van der Waals surface area contributed by atoms with Gasteiger partial charge >= 0.3 is 17.9 Å². The van der Waals surface area contributed by atoms with Crippen LogP contribution in [-0.4, -0.2) is 68.1 Å². The molecule has 1 aromatic heterocycles. The number of rotatable bonds is 9. The van der Waals surface area contributed by atoms with Crippen LogP contribution in [0.25, 0.3) is 6.08 Å². The molecular formula is C18H24N2O8. The van der Waals surface area contributed by atoms with Crippen molar-refractivity contribution >= 4 is 24.0 Å². The number of carboxylic acids is 3. The molecule has 0 unspecified atom stereocenters. The minimum absolute atomic E-state index is 0.518. The zero-order valence-corrected chi connectivity index (χ0v) is 15.4. The number of pyridine rings is 1. The second-order valence-corrected chi connectivity index (χ2v) is 6.31. The lowest BCUT2D eigenvalue weighted by Crippen LogP contribution is -2.46. The molecule has 5 N–H and O–H groups in total. The first kappa shape index (κ1) is 23.1. The molecule has 0 radical (unpaired) electrons. The average Bonchev–Trinajstić information content (AvgIpc) is 2.52. The molecule has 2 heterocycles. The number of carboxylic acid groups (broad SMARTS) is 3. The molecule has 0 saturated carbocycles. The van der Waals surface area contributed by atoms with Crippen molar-refractivity contribution in [2.45, 2.75) is 37.8 Å². The Labute approximate surface area is 161 Å². The lowest BCUT2D eigenvalue weighted by Gasteiger charge is -2.27. The smallest absolute Gasteiger partial charge is 0.336 e. The van der Waals surface area contributed by atoms with Gasteiger partial charge in [-0.15, -0.1) is 0 Å². The van der Waals surface area contributed by atoms with Crippen molar-refractivity contribution in [2.24, 2.45) is 0 Å². The Morgan fingerprint density at radius 2 is 1.89 bits per heavy atom. The summed E-state index contributed by atoms with van der Waals surface area (Å²) in [6.45, 7) is 7.56. The van der Waals surface area contributed by atoms with Gasteiger partial charge in [-0.1, -0.05) is 6.58 Å². The number of hydrogen-bond donors (Lipinski definition) is 5. The highest BCUT2D eigenvalue weighted by Crippen LogP contribution is 2.16. The maximum atomic E-state index is 10.3. The largest absolute Gasteiger partial charge is 0.490 e. The van der Waals surface area contributed by atoms with Gasteiger partial charge in [-0.2, -0.15) is 0 Å². The highest BCUT2D eigenvalue weighted by atomic mass is 16.5. The number of nitrogens with zero attached hydrogens (tertiary/aromatic N) is 1. The van der Waals surface area contributed by atoms with Crippen LogP contribution in [0.3, 0.4) is 0 Å². The molecule has 0 aliphatic carbocycles. The van der Waals surface area contributed by atoms with Crippen LogP contribution in [0, 0.1) is 6.92 Å². The Bertz CT molecular complexity index is 714. The number of nitrogens with one attached hydrogen (secondary N) is 1. The van der Waals surface area contributed by atoms with Crippen molar-refractivity contribution in [1.29, 1.82) is 0 Å². The fourth-order valence-electron chi connectivity index (χ4n) is 2.25. The van der Waals surface area contributed by atoms with E-state index >= 15 is 0 Å². The van der Waals surface area contributed by atoms with Crippen LogP contribution in [0.4, 0.5) is 0 Å². The Hall–Kier alpha value is -2.98. The molecule has 0 amide bonds. The number of hydrogen-bond acceptors (Lipinski definition) is 7. The highest BCUT2D eigenvalue weighted by Gasteiger charge is 2.40. The summed E-state index contributed by atoms with van der Waals surface area (Å²) in [5, 5.41) is 37.1. The first-order valence-corrected chi connectivity index (χ1v) is 8.42. The van der Waals surface area contributed by atoms with E-state index in [4.69, 9.17) is 25.2 Å². The van der Waals surface area contributed by atoms with E-state index in [0.717, 1.165) is 30.2 Å². The summed E-state index contributed by atoms with van der Waals surface area (Å²) < 4.78 is 5.63. The first-order valence-electron chi connectivity index (χ1n) is 8.42. The van der Waals surface area contributed by atoms with Crippen LogP contribution in [0.2, 0.25) is 0 Å². The molecule has 0 aromatic carbocycles. The van der Waals surface area contributed by atoms with Gasteiger partial charge in [0, 0.05) is 6.04 Å². The van der Waals surface area contributed by atoms with Crippen LogP contribution >= 0.6 is 0 Å². The number of aromatic nitrogens is 1. The number of ether oxygens (including phenoxy) is 1. The summed E-state index contributed by atoms with van der Waals surface area (Å²) in [6.07, 6.45) is 2.43. The van der Waals surface area contributed by atoms with Crippen LogP contribution < -0.4 is 10.1 Å². The van der Waals surface area contributed by atoms with E-state index in [1.165, 1.54) is 6.42 Å². The average molecular weight is 396 g/mol. The van der Waals surface area contributed by atoms with Gasteiger partial charge in [0.05, 0.1) is 24.7 Å². The van der Waals surface area contributed by atoms with E-state index in [-0.39, 0.29) is 0 Å². The predicted octanol–water partition coefficient (Wildman–Crippen LogP) is 0.525. The minimum atomic E-state index is -2.74. The Morgan fingerprint density at radius 1 is 1.32 bits per heavy atom. The molecule has 0 bridgehead atoms. The maximum absolute atomic E-state index is 10.3. The molecule has 1 aliphatic heterocycles. The Balaban J connectivity index is 0.000000284. The molecule has 2 rings (SSSR count). The van der Waals surface area contributed by atoms with Crippen molar-refractivity contribution in [3.05, 3.63) is 30.1 Å². The lowest BCUT2D eigenvalue weighted by molar-refractivity contribution is -0.170. The van der Waals surface area contributed by atoms with Crippen LogP contribution in [0.1, 0.15) is 30.5 Å². The van der Waals surface area contributed by atoms with Gasteiger partial charge < -0.3 is 30.5 Å². The van der Waals surface area contributed by atoms with Crippen LogP contribution in [0.15, 0.2) is 18.8 Å². The molecule has 10 nitrogen and oxygen atoms in total. The number of aryl methyl sites for hydroxylation is 1. The molecular weight excluding hydrogens is 372 g/mol. The summed E-state index contributed by atoms with van der Waals surface area (Å²) in [5.41, 5.74) is -0.717. The normalized spacial score (nSPS) is 15.4. The first-order chi connectivity index (χ1) is 13.1. The molecule has 1 saturated heterocycles. The van der Waals surface area contributed by atoms with Crippen molar-refractivity contribution in [3.8, 4) is 5.75 Å². The van der Waals surface area contributed by atoms with Gasteiger partial charge in [0.25, 0.3) is 0 Å². The van der Waals surface area contributed by atoms with Crippen molar-refractivity contribution in [3.63, 3.8) is 0 Å². The van der Waals surface area contributed by atoms with Crippen molar-refractivity contribution < 1.29 is 39.5 Å². The second-order valence-electron chi connectivity index (χ2n) is 6.31. The summed E-state index contributed by atoms with van der Waals surface area (Å²) in [7, 11) is 0. The zero-order valence-electron chi connectivity index (χ0n) is 15.4. The third-order valence-electron chi connectivity index (χ3n) is 3.95. The monoisotopic (exact) mass is 396 g/mol. The van der Waals surface area contributed by atoms with Gasteiger partial charge in [0.1, 0.15) is 12.4 Å². The van der Waals surface area contributed by atoms with E-state index in [1.54, 1.807) is 12.3 Å². The highest BCUT2D eigenvalue weighted by molar-refractivity contribution is 5.88. The minimum Gasteiger partial charge on any atom is -0.490 e. The fourth-order valence-corrected chi connectivity index (χ4v) is 2.25. The number of aliphatic carboxylic acids is 3. The van der Waals surface area contributed by atoms with Crippen molar-refractivity contribution in [2.75, 3.05) is 13.2 Å². The molecule has 28 heavy (non-hydrogen) atoms. The van der Waals surface area contributed by atoms with Crippen LogP contribution in [0.5, 0.6) is 5.75 Å². The third-order valence-corrected chi connectivity index (χ3v) is 3.95. The summed E-state index contributed by atoms with van der Waals surface area (Å²) in [5.74, 6) is -4.18. The Kier molecular flexibility index (Phi) is 8.55. The lowest BCUT2D eigenvalue weighted by atomic mass is 9.96. The number of carbonyl (C=O) groups is 3. The third kappa shape index (κ3) is 7.33. The van der Waals surface area contributed by atoms with E-state index < -0.39 is 36.4 Å². The standard InChI is InChI=1S/C12H16N2O.C6H8O7/c1-3-12-9(2)6-11(7-14-12)15-8-10-4-5-13-10;7-3(8)1-6(13,5(11)12)2-4(9)10/h3,6-7,10,13H,1,4-5,8H2,2H3;13H,1-2H2,(H,7,8)(H,9,10)(H,11,12)/t10-;/m0./s1.